The van der Waals surface area contributed by atoms with Crippen LogP contribution in [0.5, 0.6) is 0 Å². The molecule has 0 saturated heterocycles. The summed E-state index contributed by atoms with van der Waals surface area (Å²) >= 11 is 0. The highest BCUT2D eigenvalue weighted by Gasteiger charge is 2.32. The molecule has 0 amide bonds. The van der Waals surface area contributed by atoms with Crippen LogP contribution in [0, 0.1) is 5.82 Å². The van der Waals surface area contributed by atoms with Crippen molar-refractivity contribution < 1.29 is 9.13 Å². The fourth-order valence-corrected chi connectivity index (χ4v) is 2.13. The zero-order valence-electron chi connectivity index (χ0n) is 9.58. The van der Waals surface area contributed by atoms with E-state index in [1.54, 1.807) is 0 Å². The lowest BCUT2D eigenvalue weighted by molar-refractivity contribution is 0.0139. The van der Waals surface area contributed by atoms with Crippen LogP contribution in [0.25, 0.3) is 0 Å². The van der Waals surface area contributed by atoms with Gasteiger partial charge in [0.15, 0.2) is 0 Å². The third-order valence-electron chi connectivity index (χ3n) is 3.06. The molecule has 1 atom stereocenters. The van der Waals surface area contributed by atoms with E-state index in [9.17, 15) is 4.39 Å². The van der Waals surface area contributed by atoms with Gasteiger partial charge in [0.05, 0.1) is 6.61 Å². The van der Waals surface area contributed by atoms with Crippen molar-refractivity contribution in [3.8, 4) is 0 Å². The van der Waals surface area contributed by atoms with Crippen LogP contribution >= 0.6 is 0 Å². The third kappa shape index (κ3) is 2.17. The van der Waals surface area contributed by atoms with Crippen molar-refractivity contribution >= 4 is 0 Å². The number of ether oxygens (including phenoxy) is 1. The van der Waals surface area contributed by atoms with Crippen LogP contribution in [0.4, 0.5) is 4.39 Å². The second-order valence-corrected chi connectivity index (χ2v) is 4.21. The first-order chi connectivity index (χ1) is 7.77. The van der Waals surface area contributed by atoms with Gasteiger partial charge in [-0.05, 0) is 24.1 Å². The van der Waals surface area contributed by atoms with Gasteiger partial charge in [-0.15, -0.1) is 0 Å². The summed E-state index contributed by atoms with van der Waals surface area (Å²) in [6, 6.07) is 6.64. The van der Waals surface area contributed by atoms with Gasteiger partial charge in [-0.1, -0.05) is 44.1 Å². The van der Waals surface area contributed by atoms with Crippen LogP contribution in [-0.2, 0) is 10.3 Å². The minimum atomic E-state index is -0.316. The van der Waals surface area contributed by atoms with Gasteiger partial charge in [-0.25, -0.2) is 4.39 Å². The summed E-state index contributed by atoms with van der Waals surface area (Å²) < 4.78 is 18.7. The maximum absolute atomic E-state index is 12.9. The van der Waals surface area contributed by atoms with E-state index >= 15 is 0 Å². The monoisotopic (exact) mass is 220 g/mol. The zero-order valence-corrected chi connectivity index (χ0v) is 9.58. The van der Waals surface area contributed by atoms with Crippen LogP contribution < -0.4 is 0 Å². The Morgan fingerprint density at radius 1 is 1.31 bits per heavy atom. The molecule has 1 aromatic rings. The summed E-state index contributed by atoms with van der Waals surface area (Å²) in [7, 11) is 0. The number of benzene rings is 1. The van der Waals surface area contributed by atoms with E-state index in [1.165, 1.54) is 12.1 Å². The summed E-state index contributed by atoms with van der Waals surface area (Å²) in [5.41, 5.74) is 0.736. The normalized spacial score (nSPS) is 23.9. The molecule has 1 nitrogen and oxygen atoms in total. The molecule has 1 aromatic carbocycles. The predicted octanol–water partition coefficient (Wildman–Crippen LogP) is 3.80. The smallest absolute Gasteiger partial charge is 0.123 e. The lowest BCUT2D eigenvalue weighted by Gasteiger charge is -2.27. The number of halogens is 1. The maximum Gasteiger partial charge on any atom is 0.123 e. The highest BCUT2D eigenvalue weighted by Crippen LogP contribution is 2.36. The molecule has 0 aliphatic carbocycles. The Morgan fingerprint density at radius 2 is 2.06 bits per heavy atom. The standard InChI is InChI=1S/C14H17FO/c1-2-3-9-14(10-4-11-16-14)12-5-7-13(15)8-6-12/h4-8,10H,2-3,9,11H2,1H3. The van der Waals surface area contributed by atoms with Crippen LogP contribution in [-0.4, -0.2) is 6.61 Å². The van der Waals surface area contributed by atoms with Gasteiger partial charge < -0.3 is 4.74 Å². The fourth-order valence-electron chi connectivity index (χ4n) is 2.13. The minimum Gasteiger partial charge on any atom is -0.362 e. The fraction of sp³-hybridized carbons (Fsp3) is 0.429. The average molecular weight is 220 g/mol. The molecule has 0 radical (unpaired) electrons. The van der Waals surface area contributed by atoms with Gasteiger partial charge >= 0.3 is 0 Å². The molecule has 1 aliphatic rings. The molecule has 1 heterocycles. The summed E-state index contributed by atoms with van der Waals surface area (Å²) in [6.07, 6.45) is 7.36. The quantitative estimate of drug-likeness (QED) is 0.701. The summed E-state index contributed by atoms with van der Waals surface area (Å²) in [5.74, 6) is -0.198. The van der Waals surface area contributed by atoms with Crippen molar-refractivity contribution in [2.24, 2.45) is 0 Å². The number of hydrogen-bond donors (Lipinski definition) is 0. The van der Waals surface area contributed by atoms with E-state index in [1.807, 2.05) is 18.2 Å². The third-order valence-corrected chi connectivity index (χ3v) is 3.06. The lowest BCUT2D eigenvalue weighted by atomic mass is 9.89. The van der Waals surface area contributed by atoms with Crippen molar-refractivity contribution in [1.82, 2.24) is 0 Å². The lowest BCUT2D eigenvalue weighted by Crippen LogP contribution is -2.24. The van der Waals surface area contributed by atoms with Crippen molar-refractivity contribution in [3.05, 3.63) is 47.8 Å². The van der Waals surface area contributed by atoms with Crippen LogP contribution in [0.1, 0.15) is 31.7 Å². The first-order valence-electron chi connectivity index (χ1n) is 5.84. The van der Waals surface area contributed by atoms with Crippen LogP contribution in [0.3, 0.4) is 0 Å². The second kappa shape index (κ2) is 4.79. The highest BCUT2D eigenvalue weighted by atomic mass is 19.1. The van der Waals surface area contributed by atoms with Crippen molar-refractivity contribution in [3.63, 3.8) is 0 Å². The van der Waals surface area contributed by atoms with Gasteiger partial charge in [0.1, 0.15) is 11.4 Å². The van der Waals surface area contributed by atoms with E-state index in [0.717, 1.165) is 24.8 Å². The van der Waals surface area contributed by atoms with E-state index < -0.39 is 0 Å². The Bertz CT molecular complexity index is 369. The van der Waals surface area contributed by atoms with E-state index in [-0.39, 0.29) is 11.4 Å². The molecule has 0 fully saturated rings. The molecule has 2 heteroatoms. The Morgan fingerprint density at radius 3 is 2.62 bits per heavy atom. The number of hydrogen-bond acceptors (Lipinski definition) is 1. The van der Waals surface area contributed by atoms with Crippen molar-refractivity contribution in [2.75, 3.05) is 6.61 Å². The molecule has 0 aromatic heterocycles. The molecule has 0 bridgehead atoms. The predicted molar refractivity (Wildman–Crippen MR) is 62.7 cm³/mol. The van der Waals surface area contributed by atoms with Crippen molar-refractivity contribution in [1.29, 1.82) is 0 Å². The molecule has 2 rings (SSSR count). The molecule has 0 saturated carbocycles. The van der Waals surface area contributed by atoms with Gasteiger partial charge in [0.25, 0.3) is 0 Å². The summed E-state index contributed by atoms with van der Waals surface area (Å²) in [6.45, 7) is 2.82. The largest absolute Gasteiger partial charge is 0.362 e. The highest BCUT2D eigenvalue weighted by molar-refractivity contribution is 5.30. The second-order valence-electron chi connectivity index (χ2n) is 4.21. The molecule has 0 N–H and O–H groups in total. The SMILES string of the molecule is CCCCC1(c2ccc(F)cc2)C=CCO1. The van der Waals surface area contributed by atoms with Gasteiger partial charge in [0, 0.05) is 0 Å². The molecule has 16 heavy (non-hydrogen) atoms. The van der Waals surface area contributed by atoms with E-state index in [2.05, 4.69) is 13.0 Å². The number of rotatable bonds is 4. The van der Waals surface area contributed by atoms with E-state index in [4.69, 9.17) is 4.74 Å². The van der Waals surface area contributed by atoms with Gasteiger partial charge in [0.2, 0.25) is 0 Å². The molecule has 86 valence electrons. The molecular weight excluding hydrogens is 203 g/mol. The Labute approximate surface area is 95.9 Å². The average Bonchev–Trinajstić information content (AvgIpc) is 2.77. The van der Waals surface area contributed by atoms with Crippen LogP contribution in [0.2, 0.25) is 0 Å². The molecule has 0 spiro atoms. The molecule has 1 aliphatic heterocycles. The minimum absolute atomic E-state index is 0.198. The molecular formula is C14H17FO. The topological polar surface area (TPSA) is 9.23 Å². The van der Waals surface area contributed by atoms with Crippen LogP contribution in [0.15, 0.2) is 36.4 Å². The maximum atomic E-state index is 12.9. The Balaban J connectivity index is 2.25. The Kier molecular flexibility index (Phi) is 3.39. The first-order valence-corrected chi connectivity index (χ1v) is 5.84. The molecule has 1 unspecified atom stereocenters. The summed E-state index contributed by atoms with van der Waals surface area (Å²) in [4.78, 5) is 0. The van der Waals surface area contributed by atoms with Gasteiger partial charge in [-0.2, -0.15) is 0 Å². The zero-order chi connectivity index (χ0) is 11.4. The summed E-state index contributed by atoms with van der Waals surface area (Å²) in [5, 5.41) is 0. The number of unbranched alkanes of at least 4 members (excludes halogenated alkanes) is 1. The van der Waals surface area contributed by atoms with Crippen molar-refractivity contribution in [2.45, 2.75) is 31.8 Å². The first kappa shape index (κ1) is 11.3. The van der Waals surface area contributed by atoms with E-state index in [0.29, 0.717) is 6.61 Å². The van der Waals surface area contributed by atoms with Gasteiger partial charge in [-0.3, -0.25) is 0 Å². The Hall–Kier alpha value is -1.15.